The van der Waals surface area contributed by atoms with Gasteiger partial charge >= 0.3 is 0 Å². The molecule has 0 radical (unpaired) electrons. The average Bonchev–Trinajstić information content (AvgIpc) is 2.90. The molecule has 0 aliphatic carbocycles. The van der Waals surface area contributed by atoms with Gasteiger partial charge in [0, 0.05) is 5.69 Å². The van der Waals surface area contributed by atoms with Gasteiger partial charge in [-0.1, -0.05) is 23.9 Å². The van der Waals surface area contributed by atoms with Crippen LogP contribution in [-0.4, -0.2) is 21.9 Å². The molecule has 6 nitrogen and oxygen atoms in total. The van der Waals surface area contributed by atoms with E-state index in [9.17, 15) is 4.79 Å². The van der Waals surface area contributed by atoms with Crippen molar-refractivity contribution in [1.29, 1.82) is 0 Å². The number of aryl methyl sites for hydroxylation is 1. The summed E-state index contributed by atoms with van der Waals surface area (Å²) in [5.41, 5.74) is 8.39. The van der Waals surface area contributed by atoms with Crippen LogP contribution in [0.5, 0.6) is 0 Å². The standard InChI is InChI=1S/C13H16N4O2S/c1-8-4-3-5-10(9(8)2)15-11(18)7-20-13-17-16-12(6-14)19-13/h3-5H,6-7,14H2,1-2H3,(H,15,18). The molecule has 7 heteroatoms. The largest absolute Gasteiger partial charge is 0.415 e. The maximum Gasteiger partial charge on any atom is 0.277 e. The molecule has 0 atom stereocenters. The summed E-state index contributed by atoms with van der Waals surface area (Å²) in [4.78, 5) is 11.9. The smallest absolute Gasteiger partial charge is 0.277 e. The zero-order valence-electron chi connectivity index (χ0n) is 11.3. The fourth-order valence-electron chi connectivity index (χ4n) is 1.58. The molecule has 0 aliphatic heterocycles. The topological polar surface area (TPSA) is 94.0 Å². The molecule has 0 unspecified atom stereocenters. The summed E-state index contributed by atoms with van der Waals surface area (Å²) in [6.07, 6.45) is 0. The van der Waals surface area contributed by atoms with Crippen molar-refractivity contribution < 1.29 is 9.21 Å². The van der Waals surface area contributed by atoms with E-state index in [-0.39, 0.29) is 18.2 Å². The molecule has 1 aromatic carbocycles. The monoisotopic (exact) mass is 292 g/mol. The van der Waals surface area contributed by atoms with Crippen molar-refractivity contribution >= 4 is 23.4 Å². The number of carbonyl (C=O) groups excluding carboxylic acids is 1. The number of amides is 1. The molecule has 106 valence electrons. The maximum atomic E-state index is 11.9. The normalized spacial score (nSPS) is 10.6. The van der Waals surface area contributed by atoms with E-state index in [1.807, 2.05) is 32.0 Å². The van der Waals surface area contributed by atoms with E-state index in [0.717, 1.165) is 16.8 Å². The van der Waals surface area contributed by atoms with Crippen molar-refractivity contribution in [2.45, 2.75) is 25.6 Å². The van der Waals surface area contributed by atoms with E-state index in [0.29, 0.717) is 11.1 Å². The third-order valence-electron chi connectivity index (χ3n) is 2.83. The number of nitrogens with one attached hydrogen (secondary N) is 1. The van der Waals surface area contributed by atoms with Gasteiger partial charge in [0.05, 0.1) is 12.3 Å². The lowest BCUT2D eigenvalue weighted by Gasteiger charge is -2.09. The number of thioether (sulfide) groups is 1. The number of hydrogen-bond acceptors (Lipinski definition) is 6. The molecule has 1 heterocycles. The summed E-state index contributed by atoms with van der Waals surface area (Å²) in [6.45, 7) is 4.18. The molecule has 2 rings (SSSR count). The van der Waals surface area contributed by atoms with Crippen LogP contribution in [-0.2, 0) is 11.3 Å². The van der Waals surface area contributed by atoms with Crippen molar-refractivity contribution in [1.82, 2.24) is 10.2 Å². The number of aromatic nitrogens is 2. The van der Waals surface area contributed by atoms with Crippen LogP contribution >= 0.6 is 11.8 Å². The number of nitrogens with two attached hydrogens (primary N) is 1. The molecule has 3 N–H and O–H groups in total. The average molecular weight is 292 g/mol. The van der Waals surface area contributed by atoms with Crippen LogP contribution < -0.4 is 11.1 Å². The van der Waals surface area contributed by atoms with Crippen molar-refractivity contribution in [3.05, 3.63) is 35.2 Å². The van der Waals surface area contributed by atoms with Crippen LogP contribution in [0.3, 0.4) is 0 Å². The predicted molar refractivity (Wildman–Crippen MR) is 77.5 cm³/mol. The molecular formula is C13H16N4O2S. The van der Waals surface area contributed by atoms with Crippen LogP contribution in [0.25, 0.3) is 0 Å². The summed E-state index contributed by atoms with van der Waals surface area (Å²) < 4.78 is 5.21. The molecule has 1 amide bonds. The number of carbonyl (C=O) groups is 1. The van der Waals surface area contributed by atoms with Gasteiger partial charge in [-0.2, -0.15) is 0 Å². The van der Waals surface area contributed by atoms with Crippen LogP contribution in [0.4, 0.5) is 5.69 Å². The zero-order chi connectivity index (χ0) is 14.5. The van der Waals surface area contributed by atoms with Crippen molar-refractivity contribution in [2.24, 2.45) is 5.73 Å². The third-order valence-corrected chi connectivity index (χ3v) is 3.65. The Labute approximate surface area is 121 Å². The second-order valence-corrected chi connectivity index (χ2v) is 5.18. The van der Waals surface area contributed by atoms with Gasteiger partial charge in [0.15, 0.2) is 0 Å². The first-order valence-electron chi connectivity index (χ1n) is 6.11. The highest BCUT2D eigenvalue weighted by atomic mass is 32.2. The number of nitrogens with zero attached hydrogens (tertiary/aromatic N) is 2. The first kappa shape index (κ1) is 14.5. The Morgan fingerprint density at radius 1 is 1.40 bits per heavy atom. The molecule has 0 saturated carbocycles. The Bertz CT molecular complexity index is 612. The highest BCUT2D eigenvalue weighted by molar-refractivity contribution is 7.99. The fraction of sp³-hybridized carbons (Fsp3) is 0.308. The third kappa shape index (κ3) is 3.58. The van der Waals surface area contributed by atoms with Gasteiger partial charge in [-0.05, 0) is 31.0 Å². The molecule has 0 saturated heterocycles. The van der Waals surface area contributed by atoms with Crippen LogP contribution in [0.15, 0.2) is 27.8 Å². The van der Waals surface area contributed by atoms with E-state index in [2.05, 4.69) is 15.5 Å². The predicted octanol–water partition coefficient (Wildman–Crippen LogP) is 1.88. The summed E-state index contributed by atoms with van der Waals surface area (Å²) in [7, 11) is 0. The highest BCUT2D eigenvalue weighted by Crippen LogP contribution is 2.20. The fourth-order valence-corrected chi connectivity index (χ4v) is 2.16. The first-order chi connectivity index (χ1) is 9.60. The highest BCUT2D eigenvalue weighted by Gasteiger charge is 2.10. The molecule has 0 aliphatic rings. The van der Waals surface area contributed by atoms with Crippen LogP contribution in [0.1, 0.15) is 17.0 Å². The van der Waals surface area contributed by atoms with Gasteiger partial charge in [-0.3, -0.25) is 4.79 Å². The minimum atomic E-state index is -0.115. The molecule has 0 fully saturated rings. The van der Waals surface area contributed by atoms with E-state index in [1.54, 1.807) is 0 Å². The van der Waals surface area contributed by atoms with Gasteiger partial charge in [0.25, 0.3) is 5.22 Å². The minimum absolute atomic E-state index is 0.115. The maximum absolute atomic E-state index is 11.9. The number of benzene rings is 1. The van der Waals surface area contributed by atoms with Gasteiger partial charge in [0.2, 0.25) is 11.8 Å². The molecule has 0 bridgehead atoms. The van der Waals surface area contributed by atoms with Crippen molar-refractivity contribution in [3.63, 3.8) is 0 Å². The van der Waals surface area contributed by atoms with Crippen molar-refractivity contribution in [3.8, 4) is 0 Å². The van der Waals surface area contributed by atoms with E-state index < -0.39 is 0 Å². The second-order valence-electron chi connectivity index (χ2n) is 4.25. The summed E-state index contributed by atoms with van der Waals surface area (Å²) in [6, 6.07) is 5.80. The molecular weight excluding hydrogens is 276 g/mol. The lowest BCUT2D eigenvalue weighted by Crippen LogP contribution is -2.15. The zero-order valence-corrected chi connectivity index (χ0v) is 12.2. The van der Waals surface area contributed by atoms with Crippen LogP contribution in [0, 0.1) is 13.8 Å². The number of anilines is 1. The molecule has 20 heavy (non-hydrogen) atoms. The molecule has 0 spiro atoms. The Morgan fingerprint density at radius 2 is 2.20 bits per heavy atom. The quantitative estimate of drug-likeness (QED) is 0.817. The van der Waals surface area contributed by atoms with Gasteiger partial charge in [-0.15, -0.1) is 10.2 Å². The van der Waals surface area contributed by atoms with E-state index >= 15 is 0 Å². The lowest BCUT2D eigenvalue weighted by molar-refractivity contribution is -0.113. The number of hydrogen-bond donors (Lipinski definition) is 2. The van der Waals surface area contributed by atoms with E-state index in [4.69, 9.17) is 10.2 Å². The Kier molecular flexibility index (Phi) is 4.75. The number of rotatable bonds is 5. The van der Waals surface area contributed by atoms with Gasteiger partial charge < -0.3 is 15.5 Å². The summed E-state index contributed by atoms with van der Waals surface area (Å²) in [5.74, 6) is 0.457. The van der Waals surface area contributed by atoms with Crippen molar-refractivity contribution in [2.75, 3.05) is 11.1 Å². The van der Waals surface area contributed by atoms with E-state index in [1.165, 1.54) is 11.8 Å². The molecule has 1 aromatic heterocycles. The van der Waals surface area contributed by atoms with Gasteiger partial charge in [-0.25, -0.2) is 0 Å². The minimum Gasteiger partial charge on any atom is -0.415 e. The second kappa shape index (κ2) is 6.53. The summed E-state index contributed by atoms with van der Waals surface area (Å²) >= 11 is 1.19. The first-order valence-corrected chi connectivity index (χ1v) is 7.10. The van der Waals surface area contributed by atoms with Crippen LogP contribution in [0.2, 0.25) is 0 Å². The Hall–Kier alpha value is -1.86. The Balaban J connectivity index is 1.91. The summed E-state index contributed by atoms with van der Waals surface area (Å²) in [5, 5.41) is 10.7. The SMILES string of the molecule is Cc1cccc(NC(=O)CSc2nnc(CN)o2)c1C. The molecule has 2 aromatic rings. The Morgan fingerprint density at radius 3 is 2.90 bits per heavy atom. The lowest BCUT2D eigenvalue weighted by atomic mass is 10.1. The van der Waals surface area contributed by atoms with Gasteiger partial charge in [0.1, 0.15) is 0 Å².